The molecule has 0 saturated heterocycles. The Morgan fingerprint density at radius 1 is 1.08 bits per heavy atom. The maximum atomic E-state index is 3.77. The zero-order chi connectivity index (χ0) is 9.94. The van der Waals surface area contributed by atoms with Gasteiger partial charge in [-0.1, -0.05) is 19.1 Å². The number of hydrogen-bond donors (Lipinski definition) is 0. The lowest BCUT2D eigenvalue weighted by atomic mass is 10.2. The Morgan fingerprint density at radius 3 is 2.38 bits per heavy atom. The number of nitrogens with zero attached hydrogens (tertiary/aromatic N) is 1. The van der Waals surface area contributed by atoms with E-state index in [1.807, 2.05) is 12.2 Å². The fourth-order valence-corrected chi connectivity index (χ4v) is 1.42. The summed E-state index contributed by atoms with van der Waals surface area (Å²) >= 11 is 0. The minimum Gasteiger partial charge on any atom is -0.300 e. The van der Waals surface area contributed by atoms with Gasteiger partial charge in [-0.15, -0.1) is 13.2 Å². The highest BCUT2D eigenvalue weighted by molar-refractivity contribution is 4.73. The molecule has 0 fully saturated rings. The van der Waals surface area contributed by atoms with E-state index in [4.69, 9.17) is 0 Å². The first-order valence-corrected chi connectivity index (χ1v) is 5.29. The van der Waals surface area contributed by atoms with Crippen LogP contribution in [0.1, 0.15) is 32.6 Å². The highest BCUT2D eigenvalue weighted by Crippen LogP contribution is 2.00. The molecular formula is C12H23N. The highest BCUT2D eigenvalue weighted by atomic mass is 15.1. The van der Waals surface area contributed by atoms with Gasteiger partial charge < -0.3 is 0 Å². The molecule has 0 aliphatic carbocycles. The molecule has 76 valence electrons. The van der Waals surface area contributed by atoms with Crippen molar-refractivity contribution in [1.29, 1.82) is 0 Å². The molecule has 0 N–H and O–H groups in total. The third-order valence-corrected chi connectivity index (χ3v) is 2.06. The molecule has 0 spiro atoms. The van der Waals surface area contributed by atoms with Crippen molar-refractivity contribution in [2.75, 3.05) is 19.6 Å². The van der Waals surface area contributed by atoms with Gasteiger partial charge >= 0.3 is 0 Å². The van der Waals surface area contributed by atoms with Crippen LogP contribution < -0.4 is 0 Å². The quantitative estimate of drug-likeness (QED) is 0.390. The van der Waals surface area contributed by atoms with E-state index < -0.39 is 0 Å². The summed E-state index contributed by atoms with van der Waals surface area (Å²) in [4.78, 5) is 2.45. The number of unbranched alkanes of at least 4 members (excludes halogenated alkanes) is 2. The van der Waals surface area contributed by atoms with E-state index in [-0.39, 0.29) is 0 Å². The van der Waals surface area contributed by atoms with Crippen molar-refractivity contribution in [3.8, 4) is 0 Å². The van der Waals surface area contributed by atoms with Gasteiger partial charge in [0.25, 0.3) is 0 Å². The van der Waals surface area contributed by atoms with Gasteiger partial charge in [-0.05, 0) is 38.8 Å². The lowest BCUT2D eigenvalue weighted by Crippen LogP contribution is -2.25. The average molecular weight is 181 g/mol. The summed E-state index contributed by atoms with van der Waals surface area (Å²) in [5.41, 5.74) is 0. The van der Waals surface area contributed by atoms with Crippen LogP contribution in [0, 0.1) is 0 Å². The number of hydrogen-bond acceptors (Lipinski definition) is 1. The second-order valence-corrected chi connectivity index (χ2v) is 3.37. The van der Waals surface area contributed by atoms with Crippen molar-refractivity contribution < 1.29 is 0 Å². The first-order valence-electron chi connectivity index (χ1n) is 5.29. The van der Waals surface area contributed by atoms with Crippen molar-refractivity contribution in [3.63, 3.8) is 0 Å². The molecule has 0 saturated carbocycles. The van der Waals surface area contributed by atoms with E-state index in [1.165, 1.54) is 32.4 Å². The van der Waals surface area contributed by atoms with Crippen LogP contribution in [0.15, 0.2) is 25.3 Å². The van der Waals surface area contributed by atoms with E-state index in [9.17, 15) is 0 Å². The smallest absolute Gasteiger partial charge is 0.0160 e. The standard InChI is InChI=1S/C12H23N/c1-4-7-8-9-12-13(10-5-2)11-6-3/h4-5H,1-2,6-12H2,3H3. The van der Waals surface area contributed by atoms with Crippen molar-refractivity contribution in [2.45, 2.75) is 32.6 Å². The summed E-state index contributed by atoms with van der Waals surface area (Å²) in [5.74, 6) is 0. The normalized spacial score (nSPS) is 10.3. The molecule has 0 atom stereocenters. The minimum atomic E-state index is 1.03. The Balaban J connectivity index is 3.43. The Morgan fingerprint density at radius 2 is 1.85 bits per heavy atom. The van der Waals surface area contributed by atoms with Gasteiger partial charge in [0.2, 0.25) is 0 Å². The largest absolute Gasteiger partial charge is 0.300 e. The van der Waals surface area contributed by atoms with Crippen LogP contribution in [-0.4, -0.2) is 24.5 Å². The Hall–Kier alpha value is -0.560. The second-order valence-electron chi connectivity index (χ2n) is 3.37. The summed E-state index contributed by atoms with van der Waals surface area (Å²) in [7, 11) is 0. The minimum absolute atomic E-state index is 1.03. The second kappa shape index (κ2) is 9.53. The first kappa shape index (κ1) is 12.4. The van der Waals surface area contributed by atoms with Crippen molar-refractivity contribution in [3.05, 3.63) is 25.3 Å². The number of allylic oxidation sites excluding steroid dienone is 1. The lowest BCUT2D eigenvalue weighted by Gasteiger charge is -2.19. The van der Waals surface area contributed by atoms with Crippen LogP contribution in [0.2, 0.25) is 0 Å². The van der Waals surface area contributed by atoms with E-state index in [2.05, 4.69) is 25.0 Å². The molecule has 0 unspecified atom stereocenters. The average Bonchev–Trinajstić information content (AvgIpc) is 2.13. The molecule has 1 heteroatoms. The zero-order valence-electron chi connectivity index (χ0n) is 8.97. The van der Waals surface area contributed by atoms with Gasteiger partial charge in [0.05, 0.1) is 0 Å². The molecule has 0 aromatic carbocycles. The van der Waals surface area contributed by atoms with Crippen LogP contribution in [0.4, 0.5) is 0 Å². The van der Waals surface area contributed by atoms with Crippen molar-refractivity contribution in [1.82, 2.24) is 4.90 Å². The molecule has 0 aliphatic heterocycles. The Kier molecular flexibility index (Phi) is 9.12. The predicted molar refractivity (Wildman–Crippen MR) is 61.0 cm³/mol. The molecule has 0 aliphatic rings. The molecule has 0 heterocycles. The topological polar surface area (TPSA) is 3.24 Å². The van der Waals surface area contributed by atoms with Crippen LogP contribution in [-0.2, 0) is 0 Å². The van der Waals surface area contributed by atoms with Crippen LogP contribution >= 0.6 is 0 Å². The van der Waals surface area contributed by atoms with E-state index >= 15 is 0 Å². The summed E-state index contributed by atoms with van der Waals surface area (Å²) in [6, 6.07) is 0. The van der Waals surface area contributed by atoms with E-state index in [1.54, 1.807) is 0 Å². The summed E-state index contributed by atoms with van der Waals surface area (Å²) < 4.78 is 0. The lowest BCUT2D eigenvalue weighted by molar-refractivity contribution is 0.296. The predicted octanol–water partition coefficient (Wildman–Crippen LogP) is 3.24. The monoisotopic (exact) mass is 181 g/mol. The van der Waals surface area contributed by atoms with Crippen LogP contribution in [0.3, 0.4) is 0 Å². The molecule has 0 aromatic heterocycles. The van der Waals surface area contributed by atoms with Crippen molar-refractivity contribution in [2.24, 2.45) is 0 Å². The molecule has 0 aromatic rings. The molecule has 1 nitrogen and oxygen atoms in total. The molecular weight excluding hydrogens is 158 g/mol. The Bertz CT molecular complexity index is 129. The molecule has 0 radical (unpaired) electrons. The van der Waals surface area contributed by atoms with E-state index in [0.29, 0.717) is 0 Å². The zero-order valence-corrected chi connectivity index (χ0v) is 8.97. The third kappa shape index (κ3) is 7.79. The first-order chi connectivity index (χ1) is 6.35. The van der Waals surface area contributed by atoms with Gasteiger partial charge in [-0.2, -0.15) is 0 Å². The summed E-state index contributed by atoms with van der Waals surface area (Å²) in [5, 5.41) is 0. The molecule has 0 bridgehead atoms. The van der Waals surface area contributed by atoms with Crippen LogP contribution in [0.5, 0.6) is 0 Å². The molecule has 0 amide bonds. The maximum Gasteiger partial charge on any atom is 0.0160 e. The van der Waals surface area contributed by atoms with Gasteiger partial charge in [0.15, 0.2) is 0 Å². The SMILES string of the molecule is C=CCCCCN(CC=C)CCC. The van der Waals surface area contributed by atoms with Gasteiger partial charge in [0.1, 0.15) is 0 Å². The maximum absolute atomic E-state index is 3.77. The van der Waals surface area contributed by atoms with Crippen LogP contribution in [0.25, 0.3) is 0 Å². The summed E-state index contributed by atoms with van der Waals surface area (Å²) in [6.07, 6.45) is 8.91. The Labute approximate surface area is 83.1 Å². The molecule has 0 rings (SSSR count). The van der Waals surface area contributed by atoms with Gasteiger partial charge in [0, 0.05) is 6.54 Å². The fraction of sp³-hybridized carbons (Fsp3) is 0.667. The third-order valence-electron chi connectivity index (χ3n) is 2.06. The summed E-state index contributed by atoms with van der Waals surface area (Å²) in [6.45, 7) is 13.1. The van der Waals surface area contributed by atoms with E-state index in [0.717, 1.165) is 13.0 Å². The number of rotatable bonds is 9. The van der Waals surface area contributed by atoms with Crippen molar-refractivity contribution >= 4 is 0 Å². The van der Waals surface area contributed by atoms with Gasteiger partial charge in [-0.3, -0.25) is 4.90 Å². The molecule has 13 heavy (non-hydrogen) atoms. The fourth-order valence-electron chi connectivity index (χ4n) is 1.42. The highest BCUT2D eigenvalue weighted by Gasteiger charge is 1.99. The van der Waals surface area contributed by atoms with Gasteiger partial charge in [-0.25, -0.2) is 0 Å².